The van der Waals surface area contributed by atoms with E-state index in [1.54, 1.807) is 6.20 Å². The molecule has 1 aromatic heterocycles. The molecule has 0 saturated carbocycles. The van der Waals surface area contributed by atoms with Crippen LogP contribution in [0, 0.1) is 18.3 Å². The molecule has 0 N–H and O–H groups in total. The second-order valence-electron chi connectivity index (χ2n) is 5.80. The molecule has 0 radical (unpaired) electrons. The minimum absolute atomic E-state index is 0.155. The van der Waals surface area contributed by atoms with Gasteiger partial charge in [0.2, 0.25) is 0 Å². The third kappa shape index (κ3) is 3.20. The number of aryl methyl sites for hydroxylation is 1. The monoisotopic (exact) mass is 282 g/mol. The molecule has 0 fully saturated rings. The van der Waals surface area contributed by atoms with Crippen molar-refractivity contribution in [2.45, 2.75) is 43.0 Å². The first-order valence-electron chi connectivity index (χ1n) is 6.56. The zero-order chi connectivity index (χ0) is 14.8. The Balaban J connectivity index is 2.28. The molecule has 0 amide bonds. The highest BCUT2D eigenvalue weighted by atomic mass is 32.2. The maximum atomic E-state index is 9.22. The third-order valence-electron chi connectivity index (χ3n) is 3.17. The Labute approximate surface area is 124 Å². The van der Waals surface area contributed by atoms with Gasteiger partial charge in [-0.1, -0.05) is 44.7 Å². The van der Waals surface area contributed by atoms with Gasteiger partial charge in [0.15, 0.2) is 0 Å². The van der Waals surface area contributed by atoms with Crippen LogP contribution in [0.25, 0.3) is 0 Å². The third-order valence-corrected chi connectivity index (χ3v) is 4.18. The number of nitrogens with zero attached hydrogens (tertiary/aromatic N) is 2. The van der Waals surface area contributed by atoms with Crippen LogP contribution in [-0.2, 0) is 5.41 Å². The molecule has 1 heterocycles. The fourth-order valence-corrected chi connectivity index (χ4v) is 2.80. The summed E-state index contributed by atoms with van der Waals surface area (Å²) in [6, 6.07) is 12.6. The van der Waals surface area contributed by atoms with E-state index >= 15 is 0 Å². The lowest BCUT2D eigenvalue weighted by Crippen LogP contribution is -2.10. The van der Waals surface area contributed by atoms with E-state index in [0.29, 0.717) is 5.56 Å². The number of hydrogen-bond donors (Lipinski definition) is 0. The van der Waals surface area contributed by atoms with Crippen molar-refractivity contribution in [3.8, 4) is 6.07 Å². The smallest absolute Gasteiger partial charge is 0.119 e. The number of pyridine rings is 1. The minimum Gasteiger partial charge on any atom is -0.248 e. The van der Waals surface area contributed by atoms with Crippen LogP contribution < -0.4 is 0 Å². The predicted molar refractivity (Wildman–Crippen MR) is 83.0 cm³/mol. The van der Waals surface area contributed by atoms with Crippen molar-refractivity contribution in [3.63, 3.8) is 0 Å². The quantitative estimate of drug-likeness (QED) is 0.800. The summed E-state index contributed by atoms with van der Waals surface area (Å²) in [5.74, 6) is 0. The van der Waals surface area contributed by atoms with Gasteiger partial charge in [-0.15, -0.1) is 0 Å². The van der Waals surface area contributed by atoms with Crippen LogP contribution in [0.15, 0.2) is 46.5 Å². The van der Waals surface area contributed by atoms with E-state index in [4.69, 9.17) is 0 Å². The van der Waals surface area contributed by atoms with Crippen LogP contribution in [-0.4, -0.2) is 4.98 Å². The highest BCUT2D eigenvalue weighted by Crippen LogP contribution is 2.31. The number of aromatic nitrogens is 1. The molecule has 2 rings (SSSR count). The van der Waals surface area contributed by atoms with Crippen molar-refractivity contribution in [2.24, 2.45) is 0 Å². The van der Waals surface area contributed by atoms with Crippen molar-refractivity contribution in [1.29, 1.82) is 5.26 Å². The zero-order valence-electron chi connectivity index (χ0n) is 12.3. The van der Waals surface area contributed by atoms with E-state index in [0.717, 1.165) is 15.5 Å². The second kappa shape index (κ2) is 5.68. The summed E-state index contributed by atoms with van der Waals surface area (Å²) in [6.45, 7) is 8.54. The van der Waals surface area contributed by atoms with E-state index in [1.165, 1.54) is 17.3 Å². The molecule has 0 spiro atoms. The van der Waals surface area contributed by atoms with Crippen LogP contribution in [0.4, 0.5) is 0 Å². The Morgan fingerprint density at radius 2 is 1.75 bits per heavy atom. The summed E-state index contributed by atoms with van der Waals surface area (Å²) in [6.07, 6.45) is 1.75. The topological polar surface area (TPSA) is 36.7 Å². The first kappa shape index (κ1) is 14.6. The van der Waals surface area contributed by atoms with Crippen LogP contribution in [0.2, 0.25) is 0 Å². The average Bonchev–Trinajstić information content (AvgIpc) is 2.38. The minimum atomic E-state index is 0.155. The Kier molecular flexibility index (Phi) is 4.15. The van der Waals surface area contributed by atoms with Crippen LogP contribution in [0.1, 0.15) is 37.5 Å². The highest BCUT2D eigenvalue weighted by molar-refractivity contribution is 7.99. The average molecular weight is 282 g/mol. The zero-order valence-corrected chi connectivity index (χ0v) is 13.1. The van der Waals surface area contributed by atoms with Crippen molar-refractivity contribution in [2.75, 3.05) is 0 Å². The van der Waals surface area contributed by atoms with Gasteiger partial charge in [0.1, 0.15) is 11.1 Å². The van der Waals surface area contributed by atoms with E-state index in [-0.39, 0.29) is 5.41 Å². The molecule has 1 aromatic carbocycles. The summed E-state index contributed by atoms with van der Waals surface area (Å²) >= 11 is 1.54. The molecule has 0 aliphatic carbocycles. The lowest BCUT2D eigenvalue weighted by atomic mass is 9.87. The molecule has 2 aromatic rings. The Hall–Kier alpha value is -1.79. The fraction of sp³-hybridized carbons (Fsp3) is 0.294. The van der Waals surface area contributed by atoms with Gasteiger partial charge in [0.05, 0.1) is 5.56 Å². The predicted octanol–water partition coefficient (Wildman–Crippen LogP) is 4.71. The summed E-state index contributed by atoms with van der Waals surface area (Å²) in [7, 11) is 0. The van der Waals surface area contributed by atoms with Crippen LogP contribution in [0.3, 0.4) is 0 Å². The van der Waals surface area contributed by atoms with Gasteiger partial charge >= 0.3 is 0 Å². The summed E-state index contributed by atoms with van der Waals surface area (Å²) < 4.78 is 0. The van der Waals surface area contributed by atoms with Crippen molar-refractivity contribution in [1.82, 2.24) is 4.98 Å². The highest BCUT2D eigenvalue weighted by Gasteiger charge is 2.14. The maximum Gasteiger partial charge on any atom is 0.119 e. The number of nitriles is 1. The van der Waals surface area contributed by atoms with E-state index in [1.807, 2.05) is 13.0 Å². The Morgan fingerprint density at radius 1 is 1.10 bits per heavy atom. The number of benzene rings is 1. The van der Waals surface area contributed by atoms with Gasteiger partial charge in [-0.2, -0.15) is 5.26 Å². The molecule has 0 bridgehead atoms. The maximum absolute atomic E-state index is 9.22. The Morgan fingerprint density at radius 3 is 2.30 bits per heavy atom. The molecule has 3 heteroatoms. The summed E-state index contributed by atoms with van der Waals surface area (Å²) in [5.41, 5.74) is 3.09. The second-order valence-corrected chi connectivity index (χ2v) is 6.86. The molecule has 0 unspecified atom stereocenters. The van der Waals surface area contributed by atoms with Crippen molar-refractivity contribution < 1.29 is 0 Å². The largest absolute Gasteiger partial charge is 0.248 e. The molecule has 0 aliphatic heterocycles. The molecule has 102 valence electrons. The van der Waals surface area contributed by atoms with Crippen LogP contribution >= 0.6 is 11.8 Å². The van der Waals surface area contributed by atoms with Crippen molar-refractivity contribution >= 4 is 11.8 Å². The molecule has 0 saturated heterocycles. The van der Waals surface area contributed by atoms with E-state index in [2.05, 4.69) is 56.1 Å². The molecule has 0 atom stereocenters. The Bertz CT molecular complexity index is 646. The summed E-state index contributed by atoms with van der Waals surface area (Å²) in [5, 5.41) is 10.00. The SMILES string of the molecule is Cc1ccnc(Sc2ccc(C(C)(C)C)cc2)c1C#N. The molecular weight excluding hydrogens is 264 g/mol. The first-order chi connectivity index (χ1) is 9.41. The molecular formula is C17H18N2S. The van der Waals surface area contributed by atoms with E-state index in [9.17, 15) is 5.26 Å². The van der Waals surface area contributed by atoms with Gasteiger partial charge in [0.25, 0.3) is 0 Å². The van der Waals surface area contributed by atoms with Crippen molar-refractivity contribution in [3.05, 3.63) is 53.2 Å². The van der Waals surface area contributed by atoms with Gasteiger partial charge in [-0.25, -0.2) is 4.98 Å². The van der Waals surface area contributed by atoms with Crippen LogP contribution in [0.5, 0.6) is 0 Å². The van der Waals surface area contributed by atoms with Gasteiger partial charge in [-0.05, 0) is 41.7 Å². The molecule has 20 heavy (non-hydrogen) atoms. The lowest BCUT2D eigenvalue weighted by molar-refractivity contribution is 0.590. The lowest BCUT2D eigenvalue weighted by Gasteiger charge is -2.19. The standard InChI is InChI=1S/C17H18N2S/c1-12-9-10-19-16(15(12)11-18)20-14-7-5-13(6-8-14)17(2,3)4/h5-10H,1-4H3. The number of hydrogen-bond acceptors (Lipinski definition) is 3. The first-order valence-corrected chi connectivity index (χ1v) is 7.37. The van der Waals surface area contributed by atoms with Gasteiger partial charge in [0, 0.05) is 11.1 Å². The normalized spacial score (nSPS) is 11.2. The van der Waals surface area contributed by atoms with Gasteiger partial charge < -0.3 is 0 Å². The summed E-state index contributed by atoms with van der Waals surface area (Å²) in [4.78, 5) is 5.42. The van der Waals surface area contributed by atoms with Gasteiger partial charge in [-0.3, -0.25) is 0 Å². The fourth-order valence-electron chi connectivity index (χ4n) is 1.88. The molecule has 0 aliphatic rings. The molecule has 2 nitrogen and oxygen atoms in total. The van der Waals surface area contributed by atoms with E-state index < -0.39 is 0 Å². The number of rotatable bonds is 2.